The first-order valence-corrected chi connectivity index (χ1v) is 11.2. The van der Waals surface area contributed by atoms with Gasteiger partial charge in [0, 0.05) is 37.1 Å². The number of anilines is 1. The molecule has 0 spiro atoms. The number of allylic oxidation sites excluding steroid dienone is 1. The Labute approximate surface area is 198 Å². The Hall–Kier alpha value is -3.91. The van der Waals surface area contributed by atoms with E-state index in [1.165, 1.54) is 12.3 Å². The van der Waals surface area contributed by atoms with Crippen LogP contribution in [-0.2, 0) is 0 Å². The number of rotatable bonds is 6. The minimum absolute atomic E-state index is 0.178. The number of aromatic nitrogens is 2. The van der Waals surface area contributed by atoms with Gasteiger partial charge in [-0.1, -0.05) is 18.2 Å². The lowest BCUT2D eigenvalue weighted by Gasteiger charge is -2.37. The molecule has 0 radical (unpaired) electrons. The predicted octanol–water partition coefficient (Wildman–Crippen LogP) is 3.19. The molecule has 0 bridgehead atoms. The zero-order chi connectivity index (χ0) is 24.1. The van der Waals surface area contributed by atoms with E-state index in [9.17, 15) is 9.90 Å². The number of aliphatic imine (C=N–C) groups is 1. The largest absolute Gasteiger partial charge is 0.494 e. The van der Waals surface area contributed by atoms with Crippen LogP contribution in [0.15, 0.2) is 82.9 Å². The van der Waals surface area contributed by atoms with Crippen LogP contribution >= 0.6 is 0 Å². The third-order valence-electron chi connectivity index (χ3n) is 5.93. The fourth-order valence-corrected chi connectivity index (χ4v) is 3.92. The zero-order valence-electron chi connectivity index (χ0n) is 19.4. The molecule has 1 aromatic heterocycles. The van der Waals surface area contributed by atoms with Crippen molar-refractivity contribution < 1.29 is 9.84 Å². The normalized spacial score (nSPS) is 16.1. The van der Waals surface area contributed by atoms with Crippen LogP contribution in [0, 0.1) is 0 Å². The SMILES string of the molecule is COc1cc(N2CCC(C)(O)CC2)ccc1-n1ccc(=O)c(C(C=CN)=Nc2ccccc2)n1. The summed E-state index contributed by atoms with van der Waals surface area (Å²) in [7, 11) is 1.60. The molecule has 2 aromatic carbocycles. The summed E-state index contributed by atoms with van der Waals surface area (Å²) in [4.78, 5) is 19.5. The Morgan fingerprint density at radius 1 is 1.18 bits per heavy atom. The fourth-order valence-electron chi connectivity index (χ4n) is 3.92. The molecular weight excluding hydrogens is 430 g/mol. The van der Waals surface area contributed by atoms with Crippen molar-refractivity contribution in [3.63, 3.8) is 0 Å². The monoisotopic (exact) mass is 459 g/mol. The average molecular weight is 460 g/mol. The van der Waals surface area contributed by atoms with Crippen molar-refractivity contribution in [2.45, 2.75) is 25.4 Å². The number of nitrogens with zero attached hydrogens (tertiary/aromatic N) is 4. The number of hydrogen-bond acceptors (Lipinski definition) is 7. The predicted molar refractivity (Wildman–Crippen MR) is 134 cm³/mol. The molecule has 0 amide bonds. The highest BCUT2D eigenvalue weighted by atomic mass is 16.5. The summed E-state index contributed by atoms with van der Waals surface area (Å²) >= 11 is 0. The van der Waals surface area contributed by atoms with Gasteiger partial charge in [0.1, 0.15) is 11.4 Å². The highest BCUT2D eigenvalue weighted by Crippen LogP contribution is 2.31. The van der Waals surface area contributed by atoms with Gasteiger partial charge in [0.15, 0.2) is 5.69 Å². The number of piperidine rings is 1. The zero-order valence-corrected chi connectivity index (χ0v) is 19.4. The molecule has 1 saturated heterocycles. The van der Waals surface area contributed by atoms with Gasteiger partial charge in [0.05, 0.1) is 24.1 Å². The van der Waals surface area contributed by atoms with E-state index in [2.05, 4.69) is 15.0 Å². The topological polar surface area (TPSA) is 106 Å². The Morgan fingerprint density at radius 3 is 2.59 bits per heavy atom. The standard InChI is InChI=1S/C26H29N5O3/c1-26(33)12-16-30(17-13-26)20-8-9-22(24(18-20)34-2)31-15-11-23(32)25(29-31)21(10-14-27)28-19-6-4-3-5-7-19/h3-11,14-15,18,33H,12-13,16-17,27H2,1-2H3. The first-order valence-electron chi connectivity index (χ1n) is 11.2. The molecule has 8 nitrogen and oxygen atoms in total. The second kappa shape index (κ2) is 9.93. The summed E-state index contributed by atoms with van der Waals surface area (Å²) in [5.41, 5.74) is 7.68. The highest BCUT2D eigenvalue weighted by molar-refractivity contribution is 6.08. The van der Waals surface area contributed by atoms with Gasteiger partial charge in [0.25, 0.3) is 0 Å². The van der Waals surface area contributed by atoms with E-state index in [0.717, 1.165) is 18.8 Å². The van der Waals surface area contributed by atoms with E-state index in [0.29, 0.717) is 35.7 Å². The summed E-state index contributed by atoms with van der Waals surface area (Å²) in [5.74, 6) is 0.618. The van der Waals surface area contributed by atoms with Crippen molar-refractivity contribution in [2.75, 3.05) is 25.1 Å². The second-order valence-corrected chi connectivity index (χ2v) is 8.51. The minimum Gasteiger partial charge on any atom is -0.494 e. The second-order valence-electron chi connectivity index (χ2n) is 8.51. The van der Waals surface area contributed by atoms with E-state index >= 15 is 0 Å². The van der Waals surface area contributed by atoms with Crippen molar-refractivity contribution in [3.05, 3.63) is 89.0 Å². The molecule has 4 rings (SSSR count). The van der Waals surface area contributed by atoms with Gasteiger partial charge in [-0.15, -0.1) is 0 Å². The summed E-state index contributed by atoms with van der Waals surface area (Å²) in [5, 5.41) is 14.8. The molecule has 0 unspecified atom stereocenters. The summed E-state index contributed by atoms with van der Waals surface area (Å²) in [6, 6.07) is 16.6. The molecule has 0 atom stereocenters. The number of methoxy groups -OCH3 is 1. The van der Waals surface area contributed by atoms with Gasteiger partial charge in [-0.3, -0.25) is 4.79 Å². The van der Waals surface area contributed by atoms with Crippen LogP contribution in [0.5, 0.6) is 5.75 Å². The van der Waals surface area contributed by atoms with E-state index < -0.39 is 5.60 Å². The molecule has 8 heteroatoms. The van der Waals surface area contributed by atoms with E-state index in [1.807, 2.05) is 55.5 Å². The third kappa shape index (κ3) is 5.18. The Balaban J connectivity index is 1.71. The molecule has 34 heavy (non-hydrogen) atoms. The number of para-hydroxylation sites is 1. The number of nitrogens with two attached hydrogens (primary N) is 1. The Bertz CT molecular complexity index is 1250. The Kier molecular flexibility index (Phi) is 6.79. The van der Waals surface area contributed by atoms with Crippen LogP contribution in [0.4, 0.5) is 11.4 Å². The van der Waals surface area contributed by atoms with Crippen LogP contribution in [0.1, 0.15) is 25.5 Å². The van der Waals surface area contributed by atoms with E-state index in [-0.39, 0.29) is 11.1 Å². The molecular formula is C26H29N5O3. The van der Waals surface area contributed by atoms with Gasteiger partial charge in [-0.2, -0.15) is 5.10 Å². The third-order valence-corrected chi connectivity index (χ3v) is 5.93. The summed E-state index contributed by atoms with van der Waals surface area (Å²) in [6.45, 7) is 3.41. The van der Waals surface area contributed by atoms with Crippen LogP contribution in [-0.4, -0.2) is 46.4 Å². The molecule has 3 aromatic rings. The van der Waals surface area contributed by atoms with Gasteiger partial charge in [0.2, 0.25) is 5.43 Å². The fraction of sp³-hybridized carbons (Fsp3) is 0.269. The molecule has 2 heterocycles. The smallest absolute Gasteiger partial charge is 0.209 e. The molecule has 0 saturated carbocycles. The van der Waals surface area contributed by atoms with Crippen LogP contribution < -0.4 is 20.8 Å². The summed E-state index contributed by atoms with van der Waals surface area (Å²) < 4.78 is 7.27. The molecule has 1 aliphatic heterocycles. The first-order chi connectivity index (χ1) is 16.4. The maximum absolute atomic E-state index is 12.7. The molecule has 0 aliphatic carbocycles. The van der Waals surface area contributed by atoms with Gasteiger partial charge in [-0.05, 0) is 56.3 Å². The molecule has 1 aliphatic rings. The van der Waals surface area contributed by atoms with Gasteiger partial charge < -0.3 is 20.5 Å². The number of aliphatic hydroxyl groups is 1. The quantitative estimate of drug-likeness (QED) is 0.549. The van der Waals surface area contributed by atoms with Crippen molar-refractivity contribution in [1.82, 2.24) is 9.78 Å². The number of hydrogen-bond donors (Lipinski definition) is 2. The van der Waals surface area contributed by atoms with Crippen LogP contribution in [0.3, 0.4) is 0 Å². The summed E-state index contributed by atoms with van der Waals surface area (Å²) in [6.07, 6.45) is 5.92. The Morgan fingerprint density at radius 2 is 1.91 bits per heavy atom. The maximum atomic E-state index is 12.7. The molecule has 176 valence electrons. The van der Waals surface area contributed by atoms with Crippen molar-refractivity contribution in [3.8, 4) is 11.4 Å². The molecule has 3 N–H and O–H groups in total. The van der Waals surface area contributed by atoms with Gasteiger partial charge >= 0.3 is 0 Å². The van der Waals surface area contributed by atoms with E-state index in [4.69, 9.17) is 10.5 Å². The van der Waals surface area contributed by atoms with Crippen molar-refractivity contribution in [1.29, 1.82) is 0 Å². The van der Waals surface area contributed by atoms with Gasteiger partial charge in [-0.25, -0.2) is 9.67 Å². The number of benzene rings is 2. The lowest BCUT2D eigenvalue weighted by Crippen LogP contribution is -2.42. The lowest BCUT2D eigenvalue weighted by atomic mass is 9.93. The van der Waals surface area contributed by atoms with Crippen molar-refractivity contribution >= 4 is 17.1 Å². The van der Waals surface area contributed by atoms with E-state index in [1.54, 1.807) is 24.1 Å². The van der Waals surface area contributed by atoms with Crippen LogP contribution in [0.25, 0.3) is 5.69 Å². The maximum Gasteiger partial charge on any atom is 0.209 e. The molecule has 1 fully saturated rings. The number of ether oxygens (including phenoxy) is 1. The minimum atomic E-state index is -0.617. The first kappa shape index (κ1) is 23.3. The van der Waals surface area contributed by atoms with Crippen molar-refractivity contribution in [2.24, 2.45) is 10.7 Å². The highest BCUT2D eigenvalue weighted by Gasteiger charge is 2.27. The lowest BCUT2D eigenvalue weighted by molar-refractivity contribution is 0.0351. The average Bonchev–Trinajstić information content (AvgIpc) is 2.84. The van der Waals surface area contributed by atoms with Crippen LogP contribution in [0.2, 0.25) is 0 Å².